The van der Waals surface area contributed by atoms with Gasteiger partial charge < -0.3 is 10.3 Å². The smallest absolute Gasteiger partial charge is 0.345 e. The molecule has 0 unspecified atom stereocenters. The van der Waals surface area contributed by atoms with Gasteiger partial charge in [-0.05, 0) is 62.3 Å². The van der Waals surface area contributed by atoms with E-state index in [1.54, 1.807) is 6.07 Å². The van der Waals surface area contributed by atoms with Gasteiger partial charge in [-0.3, -0.25) is 4.79 Å². The van der Waals surface area contributed by atoms with Crippen LogP contribution >= 0.6 is 11.8 Å². The monoisotopic (exact) mass is 319 g/mol. The average Bonchev–Trinajstić information content (AvgIpc) is 2.43. The molecule has 4 saturated carbocycles. The number of hydrogen-bond acceptors (Lipinski definition) is 4. The third-order valence-corrected chi connectivity index (χ3v) is 6.41. The topological polar surface area (TPSA) is 74.8 Å². The van der Waals surface area contributed by atoms with Crippen molar-refractivity contribution >= 4 is 17.7 Å². The first-order chi connectivity index (χ1) is 10.6. The normalized spacial score (nSPS) is 35.5. The molecule has 4 fully saturated rings. The number of carbonyl (C=O) groups excluding carboxylic acids is 1. The third-order valence-electron chi connectivity index (χ3n) is 5.45. The summed E-state index contributed by atoms with van der Waals surface area (Å²) in [7, 11) is 0. The van der Waals surface area contributed by atoms with E-state index in [1.165, 1.54) is 56.5 Å². The number of aromatic nitrogens is 2. The molecular weight excluding hydrogens is 298 g/mol. The Labute approximate surface area is 133 Å². The van der Waals surface area contributed by atoms with Crippen molar-refractivity contribution in [3.8, 4) is 0 Å². The van der Waals surface area contributed by atoms with E-state index in [9.17, 15) is 9.59 Å². The molecule has 2 N–H and O–H groups in total. The van der Waals surface area contributed by atoms with Gasteiger partial charge in [-0.1, -0.05) is 11.8 Å². The van der Waals surface area contributed by atoms with Crippen molar-refractivity contribution in [3.05, 3.63) is 22.7 Å². The maximum Gasteiger partial charge on any atom is 0.345 e. The number of rotatable bonds is 4. The standard InChI is InChI=1S/C16H21N3O2S/c20-13(9-22-14-1-2-17-15(21)18-14)19-16-6-10-3-11(7-16)5-12(4-10)8-16/h1-2,10-12H,3-9H2,(H,19,20)(H,17,18,21). The number of nitrogens with one attached hydrogen (secondary N) is 2. The predicted octanol–water partition coefficient (Wildman–Crippen LogP) is 1.95. The fourth-order valence-electron chi connectivity index (χ4n) is 5.18. The minimum Gasteiger partial charge on any atom is -0.350 e. The molecule has 0 aliphatic heterocycles. The molecule has 0 aromatic carbocycles. The molecule has 22 heavy (non-hydrogen) atoms. The highest BCUT2D eigenvalue weighted by molar-refractivity contribution is 7.99. The van der Waals surface area contributed by atoms with Crippen LogP contribution < -0.4 is 11.0 Å². The third kappa shape index (κ3) is 2.81. The van der Waals surface area contributed by atoms with Crippen LogP contribution in [0.3, 0.4) is 0 Å². The summed E-state index contributed by atoms with van der Waals surface area (Å²) in [6.45, 7) is 0. The van der Waals surface area contributed by atoms with Gasteiger partial charge in [0.1, 0.15) is 0 Å². The van der Waals surface area contributed by atoms with Gasteiger partial charge in [0.2, 0.25) is 5.91 Å². The number of thioether (sulfide) groups is 1. The SMILES string of the molecule is O=C(CSc1ccnc(=O)[nH]1)NC12CC3CC(CC(C3)C1)C2. The van der Waals surface area contributed by atoms with Gasteiger partial charge in [-0.15, -0.1) is 0 Å². The molecule has 4 aliphatic rings. The lowest BCUT2D eigenvalue weighted by Crippen LogP contribution is -2.60. The summed E-state index contributed by atoms with van der Waals surface area (Å²) < 4.78 is 0. The number of amides is 1. The Morgan fingerprint density at radius 3 is 2.50 bits per heavy atom. The van der Waals surface area contributed by atoms with Gasteiger partial charge in [-0.25, -0.2) is 9.78 Å². The van der Waals surface area contributed by atoms with Crippen LogP contribution in [-0.2, 0) is 4.79 Å². The van der Waals surface area contributed by atoms with Crippen molar-refractivity contribution < 1.29 is 4.79 Å². The van der Waals surface area contributed by atoms with Gasteiger partial charge in [0.15, 0.2) is 0 Å². The molecule has 0 atom stereocenters. The second-order valence-electron chi connectivity index (χ2n) is 7.27. The number of H-pyrrole nitrogens is 1. The predicted molar refractivity (Wildman–Crippen MR) is 84.6 cm³/mol. The van der Waals surface area contributed by atoms with Gasteiger partial charge in [0.25, 0.3) is 0 Å². The summed E-state index contributed by atoms with van der Waals surface area (Å²) in [5, 5.41) is 4.04. The van der Waals surface area contributed by atoms with E-state index in [0.717, 1.165) is 17.8 Å². The second-order valence-corrected chi connectivity index (χ2v) is 8.29. The quantitative estimate of drug-likeness (QED) is 0.657. The summed E-state index contributed by atoms with van der Waals surface area (Å²) in [4.78, 5) is 29.7. The Balaban J connectivity index is 1.37. The summed E-state index contributed by atoms with van der Waals surface area (Å²) in [5.41, 5.74) is -0.301. The molecule has 118 valence electrons. The summed E-state index contributed by atoms with van der Waals surface area (Å²) in [5.74, 6) is 2.92. The minimum atomic E-state index is -0.369. The second kappa shape index (κ2) is 5.41. The summed E-state index contributed by atoms with van der Waals surface area (Å²) >= 11 is 1.36. The molecule has 0 radical (unpaired) electrons. The van der Waals surface area contributed by atoms with Crippen molar-refractivity contribution in [1.29, 1.82) is 0 Å². The van der Waals surface area contributed by atoms with Crippen LogP contribution in [0, 0.1) is 17.8 Å². The molecule has 1 aromatic heterocycles. The highest BCUT2D eigenvalue weighted by Gasteiger charge is 2.51. The van der Waals surface area contributed by atoms with E-state index in [4.69, 9.17) is 0 Å². The molecular formula is C16H21N3O2S. The maximum atomic E-state index is 12.3. The molecule has 1 heterocycles. The van der Waals surface area contributed by atoms with Gasteiger partial charge in [-0.2, -0.15) is 0 Å². The first kappa shape index (κ1) is 14.3. The first-order valence-corrected chi connectivity index (χ1v) is 9.08. The fourth-order valence-corrected chi connectivity index (χ4v) is 5.85. The van der Waals surface area contributed by atoms with Crippen LogP contribution in [0.2, 0.25) is 0 Å². The van der Waals surface area contributed by atoms with Crippen LogP contribution in [0.25, 0.3) is 0 Å². The molecule has 1 amide bonds. The highest BCUT2D eigenvalue weighted by Crippen LogP contribution is 2.55. The Kier molecular flexibility index (Phi) is 3.51. The van der Waals surface area contributed by atoms with Crippen molar-refractivity contribution in [2.24, 2.45) is 17.8 Å². The van der Waals surface area contributed by atoms with E-state index in [2.05, 4.69) is 15.3 Å². The molecule has 5 rings (SSSR count). The van der Waals surface area contributed by atoms with Crippen molar-refractivity contribution in [1.82, 2.24) is 15.3 Å². The minimum absolute atomic E-state index is 0.0675. The zero-order valence-electron chi connectivity index (χ0n) is 12.5. The number of hydrogen-bond donors (Lipinski definition) is 2. The lowest BCUT2D eigenvalue weighted by molar-refractivity contribution is -0.124. The van der Waals surface area contributed by atoms with Gasteiger partial charge >= 0.3 is 5.69 Å². The van der Waals surface area contributed by atoms with E-state index < -0.39 is 0 Å². The Bertz CT molecular complexity index is 607. The number of carbonyl (C=O) groups is 1. The average molecular weight is 319 g/mol. The first-order valence-electron chi connectivity index (χ1n) is 8.09. The van der Waals surface area contributed by atoms with Crippen molar-refractivity contribution in [2.75, 3.05) is 5.75 Å². The Morgan fingerprint density at radius 1 is 1.27 bits per heavy atom. The van der Waals surface area contributed by atoms with Crippen LogP contribution in [-0.4, -0.2) is 27.2 Å². The molecule has 5 nitrogen and oxygen atoms in total. The molecule has 0 spiro atoms. The highest BCUT2D eigenvalue weighted by atomic mass is 32.2. The van der Waals surface area contributed by atoms with Crippen LogP contribution in [0.5, 0.6) is 0 Å². The van der Waals surface area contributed by atoms with Crippen LogP contribution in [0.15, 0.2) is 22.1 Å². The van der Waals surface area contributed by atoms with E-state index >= 15 is 0 Å². The lowest BCUT2D eigenvalue weighted by Gasteiger charge is -2.56. The number of aromatic amines is 1. The maximum absolute atomic E-state index is 12.3. The lowest BCUT2D eigenvalue weighted by atomic mass is 9.53. The molecule has 1 aromatic rings. The summed E-state index contributed by atoms with van der Waals surface area (Å²) in [6, 6.07) is 1.73. The molecule has 0 saturated heterocycles. The molecule has 4 bridgehead atoms. The molecule has 6 heteroatoms. The van der Waals surface area contributed by atoms with Crippen LogP contribution in [0.4, 0.5) is 0 Å². The van der Waals surface area contributed by atoms with Crippen LogP contribution in [0.1, 0.15) is 38.5 Å². The number of nitrogens with zero attached hydrogens (tertiary/aromatic N) is 1. The zero-order valence-corrected chi connectivity index (χ0v) is 13.3. The summed E-state index contributed by atoms with van der Waals surface area (Å²) in [6.07, 6.45) is 9.11. The van der Waals surface area contributed by atoms with Crippen molar-refractivity contribution in [2.45, 2.75) is 49.1 Å². The van der Waals surface area contributed by atoms with E-state index in [-0.39, 0.29) is 17.1 Å². The van der Waals surface area contributed by atoms with Crippen molar-refractivity contribution in [3.63, 3.8) is 0 Å². The van der Waals surface area contributed by atoms with Gasteiger partial charge in [0, 0.05) is 11.7 Å². The fraction of sp³-hybridized carbons (Fsp3) is 0.688. The Morgan fingerprint density at radius 2 is 1.91 bits per heavy atom. The Hall–Kier alpha value is -1.30. The molecule has 4 aliphatic carbocycles. The van der Waals surface area contributed by atoms with E-state index in [0.29, 0.717) is 10.8 Å². The largest absolute Gasteiger partial charge is 0.350 e. The van der Waals surface area contributed by atoms with Gasteiger partial charge in [0.05, 0.1) is 10.8 Å². The zero-order chi connectivity index (χ0) is 15.2. The van der Waals surface area contributed by atoms with E-state index in [1.807, 2.05) is 0 Å².